The molecule has 0 spiro atoms. The summed E-state index contributed by atoms with van der Waals surface area (Å²) in [4.78, 5) is 27.3. The molecular weight excluding hydrogens is 395 g/mol. The Balaban J connectivity index is 1.51. The summed E-state index contributed by atoms with van der Waals surface area (Å²) in [5.41, 5.74) is 3.84. The fraction of sp³-hybridized carbons (Fsp3) is 0.200. The summed E-state index contributed by atoms with van der Waals surface area (Å²) in [6.07, 6.45) is 0.777. The molecule has 1 heterocycles. The number of benzene rings is 3. The zero-order valence-electron chi connectivity index (χ0n) is 17.4. The summed E-state index contributed by atoms with van der Waals surface area (Å²) in [5.74, 6) is -0.0297. The smallest absolute Gasteiger partial charge is 0.258 e. The number of amides is 2. The lowest BCUT2D eigenvalue weighted by Crippen LogP contribution is -2.35. The third kappa shape index (κ3) is 4.28. The van der Waals surface area contributed by atoms with Crippen LogP contribution < -0.4 is 15.0 Å². The molecule has 6 heteroatoms. The fourth-order valence-electron chi connectivity index (χ4n) is 3.83. The quantitative estimate of drug-likeness (QED) is 0.670. The Kier molecular flexibility index (Phi) is 5.71. The van der Waals surface area contributed by atoms with Crippen LogP contribution in [-0.2, 0) is 13.0 Å². The van der Waals surface area contributed by atoms with Gasteiger partial charge in [0.1, 0.15) is 11.6 Å². The number of rotatable bonds is 5. The van der Waals surface area contributed by atoms with Crippen molar-refractivity contribution in [3.05, 3.63) is 94.8 Å². The number of carbonyl (C=O) groups excluding carboxylic acids is 2. The lowest BCUT2D eigenvalue weighted by atomic mass is 10.1. The number of anilines is 1. The van der Waals surface area contributed by atoms with E-state index in [1.54, 1.807) is 31.4 Å². The van der Waals surface area contributed by atoms with Crippen LogP contribution in [-0.4, -0.2) is 25.0 Å². The number of ether oxygens (including phenoxy) is 1. The number of nitrogens with zero attached hydrogens (tertiary/aromatic N) is 1. The van der Waals surface area contributed by atoms with Gasteiger partial charge >= 0.3 is 0 Å². The van der Waals surface area contributed by atoms with Gasteiger partial charge in [-0.2, -0.15) is 0 Å². The van der Waals surface area contributed by atoms with Crippen molar-refractivity contribution < 1.29 is 18.7 Å². The van der Waals surface area contributed by atoms with Crippen LogP contribution in [0.4, 0.5) is 10.1 Å². The van der Waals surface area contributed by atoms with Crippen LogP contribution >= 0.6 is 0 Å². The van der Waals surface area contributed by atoms with Gasteiger partial charge in [-0.3, -0.25) is 9.59 Å². The maximum atomic E-state index is 13.2. The van der Waals surface area contributed by atoms with Gasteiger partial charge in [-0.25, -0.2) is 4.39 Å². The highest BCUT2D eigenvalue weighted by atomic mass is 19.1. The van der Waals surface area contributed by atoms with Crippen molar-refractivity contribution in [2.45, 2.75) is 25.9 Å². The molecule has 2 amide bonds. The monoisotopic (exact) mass is 418 g/mol. The van der Waals surface area contributed by atoms with Crippen molar-refractivity contribution in [2.24, 2.45) is 0 Å². The van der Waals surface area contributed by atoms with Gasteiger partial charge < -0.3 is 15.0 Å². The first kappa shape index (κ1) is 20.6. The number of hydrogen-bond acceptors (Lipinski definition) is 3. The maximum Gasteiger partial charge on any atom is 0.258 e. The summed E-state index contributed by atoms with van der Waals surface area (Å²) >= 11 is 0. The SMILES string of the molecule is COc1ccc(C(=O)N2c3cc(CNC(=O)c4ccc(F)cc4)ccc3CC2C)cc1. The van der Waals surface area contributed by atoms with Crippen LogP contribution in [0.25, 0.3) is 0 Å². The molecule has 0 radical (unpaired) electrons. The van der Waals surface area contributed by atoms with E-state index >= 15 is 0 Å². The number of methoxy groups -OCH3 is 1. The molecule has 0 aromatic heterocycles. The van der Waals surface area contributed by atoms with E-state index in [4.69, 9.17) is 4.74 Å². The molecule has 1 N–H and O–H groups in total. The van der Waals surface area contributed by atoms with Gasteiger partial charge in [0, 0.05) is 29.4 Å². The van der Waals surface area contributed by atoms with Crippen LogP contribution in [0.2, 0.25) is 0 Å². The van der Waals surface area contributed by atoms with E-state index in [1.807, 2.05) is 30.0 Å². The van der Waals surface area contributed by atoms with Gasteiger partial charge in [0.15, 0.2) is 0 Å². The van der Waals surface area contributed by atoms with Crippen LogP contribution in [0.1, 0.15) is 38.8 Å². The molecule has 31 heavy (non-hydrogen) atoms. The van der Waals surface area contributed by atoms with Crippen molar-refractivity contribution in [1.82, 2.24) is 5.32 Å². The van der Waals surface area contributed by atoms with E-state index in [0.29, 0.717) is 23.4 Å². The summed E-state index contributed by atoms with van der Waals surface area (Å²) in [5, 5.41) is 2.85. The Morgan fingerprint density at radius 3 is 2.39 bits per heavy atom. The molecule has 0 bridgehead atoms. The third-order valence-corrected chi connectivity index (χ3v) is 5.48. The summed E-state index contributed by atoms with van der Waals surface area (Å²) in [6.45, 7) is 2.33. The van der Waals surface area contributed by atoms with Gasteiger partial charge in [-0.05, 0) is 79.1 Å². The van der Waals surface area contributed by atoms with Gasteiger partial charge in [-0.15, -0.1) is 0 Å². The van der Waals surface area contributed by atoms with Crippen LogP contribution in [0, 0.1) is 5.82 Å². The van der Waals surface area contributed by atoms with Crippen LogP contribution in [0.3, 0.4) is 0 Å². The second kappa shape index (κ2) is 8.60. The first-order chi connectivity index (χ1) is 15.0. The minimum absolute atomic E-state index is 0.0358. The molecule has 0 saturated carbocycles. The van der Waals surface area contributed by atoms with E-state index in [9.17, 15) is 14.0 Å². The van der Waals surface area contributed by atoms with Gasteiger partial charge in [0.05, 0.1) is 7.11 Å². The van der Waals surface area contributed by atoms with E-state index in [2.05, 4.69) is 5.32 Å². The van der Waals surface area contributed by atoms with Crippen molar-refractivity contribution in [2.75, 3.05) is 12.0 Å². The van der Waals surface area contributed by atoms with E-state index in [1.165, 1.54) is 24.3 Å². The average Bonchev–Trinajstić information content (AvgIpc) is 3.12. The molecule has 0 fully saturated rings. The first-order valence-corrected chi connectivity index (χ1v) is 10.1. The molecule has 1 aliphatic rings. The number of hydrogen-bond donors (Lipinski definition) is 1. The molecule has 0 saturated heterocycles. The molecular formula is C25H23FN2O3. The second-order valence-electron chi connectivity index (χ2n) is 7.61. The molecule has 3 aromatic rings. The van der Waals surface area contributed by atoms with Gasteiger partial charge in [-0.1, -0.05) is 12.1 Å². The zero-order chi connectivity index (χ0) is 22.0. The van der Waals surface area contributed by atoms with Crippen molar-refractivity contribution in [3.8, 4) is 5.75 Å². The van der Waals surface area contributed by atoms with Gasteiger partial charge in [0.25, 0.3) is 11.8 Å². The van der Waals surface area contributed by atoms with Crippen molar-refractivity contribution in [1.29, 1.82) is 0 Å². The van der Waals surface area contributed by atoms with Gasteiger partial charge in [0.2, 0.25) is 0 Å². The topological polar surface area (TPSA) is 58.6 Å². The highest BCUT2D eigenvalue weighted by molar-refractivity contribution is 6.07. The molecule has 1 atom stereocenters. The Labute approximate surface area is 180 Å². The predicted molar refractivity (Wildman–Crippen MR) is 117 cm³/mol. The van der Waals surface area contributed by atoms with Crippen LogP contribution in [0.15, 0.2) is 66.7 Å². The Morgan fingerprint density at radius 1 is 1.03 bits per heavy atom. The van der Waals surface area contributed by atoms with Crippen LogP contribution in [0.5, 0.6) is 5.75 Å². The third-order valence-electron chi connectivity index (χ3n) is 5.48. The summed E-state index contributed by atoms with van der Waals surface area (Å²) in [6, 6.07) is 18.4. The molecule has 1 unspecified atom stereocenters. The van der Waals surface area contributed by atoms with Crippen molar-refractivity contribution >= 4 is 17.5 Å². The van der Waals surface area contributed by atoms with E-state index in [-0.39, 0.29) is 23.7 Å². The molecule has 1 aliphatic heterocycles. The summed E-state index contributed by atoms with van der Waals surface area (Å²) < 4.78 is 18.2. The molecule has 0 aliphatic carbocycles. The number of carbonyl (C=O) groups is 2. The first-order valence-electron chi connectivity index (χ1n) is 10.1. The predicted octanol–water partition coefficient (Wildman–Crippen LogP) is 4.36. The standard InChI is InChI=1S/C25H23FN2O3/c1-16-13-20-4-3-17(15-27-24(29)18-5-9-21(26)10-6-18)14-23(20)28(16)25(30)19-7-11-22(31-2)12-8-19/h3-12,14,16H,13,15H2,1-2H3,(H,27,29). The Morgan fingerprint density at radius 2 is 1.71 bits per heavy atom. The molecule has 3 aromatic carbocycles. The lowest BCUT2D eigenvalue weighted by Gasteiger charge is -2.23. The number of fused-ring (bicyclic) bond motifs is 1. The largest absolute Gasteiger partial charge is 0.497 e. The maximum absolute atomic E-state index is 13.2. The van der Waals surface area contributed by atoms with E-state index in [0.717, 1.165) is 23.2 Å². The minimum atomic E-state index is -0.383. The Hall–Kier alpha value is -3.67. The van der Waals surface area contributed by atoms with Crippen molar-refractivity contribution in [3.63, 3.8) is 0 Å². The fourth-order valence-corrected chi connectivity index (χ4v) is 3.83. The highest BCUT2D eigenvalue weighted by Gasteiger charge is 2.31. The number of nitrogens with one attached hydrogen (secondary N) is 1. The molecule has 5 nitrogen and oxygen atoms in total. The number of halogens is 1. The Bertz CT molecular complexity index is 1110. The van der Waals surface area contributed by atoms with E-state index < -0.39 is 0 Å². The lowest BCUT2D eigenvalue weighted by molar-refractivity contribution is 0.0948. The minimum Gasteiger partial charge on any atom is -0.497 e. The molecule has 158 valence electrons. The second-order valence-corrected chi connectivity index (χ2v) is 7.61. The molecule has 4 rings (SSSR count). The summed E-state index contributed by atoms with van der Waals surface area (Å²) in [7, 11) is 1.59. The zero-order valence-corrected chi connectivity index (χ0v) is 17.4. The average molecular weight is 418 g/mol. The normalized spacial score (nSPS) is 14.8. The highest BCUT2D eigenvalue weighted by Crippen LogP contribution is 2.34.